The molecular weight excluding hydrogens is 330 g/mol. The highest BCUT2D eigenvalue weighted by atomic mass is 16.5. The first-order chi connectivity index (χ1) is 12.7. The van der Waals surface area contributed by atoms with E-state index in [1.807, 2.05) is 49.4 Å². The lowest BCUT2D eigenvalue weighted by Gasteiger charge is -2.10. The average molecular weight is 351 g/mol. The molecule has 0 aliphatic rings. The normalized spacial score (nSPS) is 10.9. The summed E-state index contributed by atoms with van der Waals surface area (Å²) < 4.78 is 16.0. The summed E-state index contributed by atoms with van der Waals surface area (Å²) in [5.74, 6) is 2.15. The summed E-state index contributed by atoms with van der Waals surface area (Å²) >= 11 is 0. The molecule has 0 atom stereocenters. The van der Waals surface area contributed by atoms with E-state index in [0.29, 0.717) is 5.75 Å². The highest BCUT2D eigenvalue weighted by Gasteiger charge is 2.08. The lowest BCUT2D eigenvalue weighted by Crippen LogP contribution is -1.97. The minimum Gasteiger partial charge on any atom is -0.497 e. The molecule has 6 nitrogen and oxygen atoms in total. The Morgan fingerprint density at radius 3 is 2.50 bits per heavy atom. The number of hydrazone groups is 1. The van der Waals surface area contributed by atoms with Crippen molar-refractivity contribution in [1.29, 1.82) is 0 Å². The third-order valence-electron chi connectivity index (χ3n) is 3.98. The van der Waals surface area contributed by atoms with Crippen LogP contribution in [-0.2, 0) is 0 Å². The molecule has 1 N–H and O–H groups in total. The Labute approximate surface area is 152 Å². The highest BCUT2D eigenvalue weighted by Crippen LogP contribution is 2.30. The molecule has 0 spiro atoms. The van der Waals surface area contributed by atoms with Gasteiger partial charge in [-0.05, 0) is 31.2 Å². The number of ether oxygens (including phenoxy) is 3. The van der Waals surface area contributed by atoms with E-state index in [1.165, 1.54) is 0 Å². The van der Waals surface area contributed by atoms with Crippen molar-refractivity contribution >= 4 is 22.8 Å². The summed E-state index contributed by atoms with van der Waals surface area (Å²) in [5.41, 5.74) is 6.47. The van der Waals surface area contributed by atoms with Crippen LogP contribution in [0.25, 0.3) is 10.9 Å². The number of hydrogen-bond acceptors (Lipinski definition) is 6. The molecule has 0 saturated heterocycles. The minimum atomic E-state index is 0.687. The Morgan fingerprint density at radius 2 is 1.77 bits per heavy atom. The van der Waals surface area contributed by atoms with Gasteiger partial charge in [0.1, 0.15) is 22.8 Å². The monoisotopic (exact) mass is 351 g/mol. The fourth-order valence-corrected chi connectivity index (χ4v) is 2.70. The van der Waals surface area contributed by atoms with Crippen LogP contribution in [0.5, 0.6) is 17.2 Å². The van der Waals surface area contributed by atoms with Crippen LogP contribution >= 0.6 is 0 Å². The second-order valence-electron chi connectivity index (χ2n) is 5.65. The van der Waals surface area contributed by atoms with Gasteiger partial charge in [-0.25, -0.2) is 4.98 Å². The molecule has 6 heteroatoms. The lowest BCUT2D eigenvalue weighted by molar-refractivity contribution is 0.394. The maximum Gasteiger partial charge on any atom is 0.145 e. The number of anilines is 1. The first-order valence-corrected chi connectivity index (χ1v) is 8.11. The molecule has 0 bridgehead atoms. The molecule has 0 aliphatic heterocycles. The second-order valence-corrected chi connectivity index (χ2v) is 5.65. The maximum atomic E-state index is 5.41. The molecule has 0 aliphatic carbocycles. The first kappa shape index (κ1) is 17.5. The lowest BCUT2D eigenvalue weighted by atomic mass is 10.1. The van der Waals surface area contributed by atoms with E-state index >= 15 is 0 Å². The Balaban J connectivity index is 1.92. The zero-order valence-corrected chi connectivity index (χ0v) is 15.2. The van der Waals surface area contributed by atoms with Gasteiger partial charge >= 0.3 is 0 Å². The average Bonchev–Trinajstić information content (AvgIpc) is 2.67. The molecule has 134 valence electrons. The van der Waals surface area contributed by atoms with Gasteiger partial charge in [0.15, 0.2) is 0 Å². The standard InChI is InChI=1S/C20H21N3O3/c1-13-10-17(16-6-5-7-18(25-3)20(16)22-13)23-21-12-14-8-9-15(24-2)11-19(14)26-4/h5-12H,1-4H3,(H,22,23)/b21-12+. The van der Waals surface area contributed by atoms with Crippen LogP contribution < -0.4 is 19.6 Å². The van der Waals surface area contributed by atoms with Crippen molar-refractivity contribution in [2.24, 2.45) is 5.10 Å². The molecule has 2 aromatic carbocycles. The zero-order chi connectivity index (χ0) is 18.5. The van der Waals surface area contributed by atoms with Gasteiger partial charge in [0, 0.05) is 22.7 Å². The van der Waals surface area contributed by atoms with Gasteiger partial charge < -0.3 is 14.2 Å². The fourth-order valence-electron chi connectivity index (χ4n) is 2.70. The molecule has 3 rings (SSSR count). The predicted molar refractivity (Wildman–Crippen MR) is 104 cm³/mol. The van der Waals surface area contributed by atoms with Gasteiger partial charge in [0.25, 0.3) is 0 Å². The number of nitrogens with zero attached hydrogens (tertiary/aromatic N) is 2. The van der Waals surface area contributed by atoms with Gasteiger partial charge in [-0.3, -0.25) is 5.43 Å². The van der Waals surface area contributed by atoms with E-state index in [-0.39, 0.29) is 0 Å². The van der Waals surface area contributed by atoms with E-state index < -0.39 is 0 Å². The number of pyridine rings is 1. The smallest absolute Gasteiger partial charge is 0.145 e. The Hall–Kier alpha value is -3.28. The van der Waals surface area contributed by atoms with Gasteiger partial charge in [0.05, 0.1) is 33.2 Å². The minimum absolute atomic E-state index is 0.687. The van der Waals surface area contributed by atoms with Crippen LogP contribution in [0.15, 0.2) is 47.6 Å². The van der Waals surface area contributed by atoms with Crippen LogP contribution in [0.3, 0.4) is 0 Å². The Morgan fingerprint density at radius 1 is 0.962 bits per heavy atom. The number of para-hydroxylation sites is 1. The van der Waals surface area contributed by atoms with Crippen molar-refractivity contribution in [3.05, 3.63) is 53.7 Å². The predicted octanol–water partition coefficient (Wildman–Crippen LogP) is 4.02. The van der Waals surface area contributed by atoms with Crippen molar-refractivity contribution in [3.63, 3.8) is 0 Å². The number of nitrogens with one attached hydrogen (secondary N) is 1. The number of fused-ring (bicyclic) bond motifs is 1. The third-order valence-corrected chi connectivity index (χ3v) is 3.98. The molecular formula is C20H21N3O3. The zero-order valence-electron chi connectivity index (χ0n) is 15.2. The molecule has 0 fully saturated rings. The molecule has 0 radical (unpaired) electrons. The van der Waals surface area contributed by atoms with Crippen LogP contribution in [-0.4, -0.2) is 32.5 Å². The fraction of sp³-hybridized carbons (Fsp3) is 0.200. The number of rotatable bonds is 6. The van der Waals surface area contributed by atoms with E-state index in [0.717, 1.165) is 39.3 Å². The van der Waals surface area contributed by atoms with Crippen molar-refractivity contribution in [3.8, 4) is 17.2 Å². The van der Waals surface area contributed by atoms with Crippen molar-refractivity contribution in [1.82, 2.24) is 4.98 Å². The molecule has 1 heterocycles. The van der Waals surface area contributed by atoms with E-state index in [1.54, 1.807) is 27.5 Å². The Kier molecular flexibility index (Phi) is 5.22. The quantitative estimate of drug-likeness (QED) is 0.537. The molecule has 0 amide bonds. The second kappa shape index (κ2) is 7.74. The summed E-state index contributed by atoms with van der Waals surface area (Å²) in [6, 6.07) is 13.3. The third kappa shape index (κ3) is 3.54. The number of aryl methyl sites for hydroxylation is 1. The molecule has 3 aromatic rings. The van der Waals surface area contributed by atoms with Crippen molar-refractivity contribution in [2.45, 2.75) is 6.92 Å². The Bertz CT molecular complexity index is 954. The van der Waals surface area contributed by atoms with E-state index in [2.05, 4.69) is 15.5 Å². The first-order valence-electron chi connectivity index (χ1n) is 8.11. The van der Waals surface area contributed by atoms with E-state index in [4.69, 9.17) is 14.2 Å². The molecule has 0 saturated carbocycles. The van der Waals surface area contributed by atoms with Gasteiger partial charge in [-0.15, -0.1) is 0 Å². The topological polar surface area (TPSA) is 65.0 Å². The molecule has 26 heavy (non-hydrogen) atoms. The SMILES string of the molecule is COc1ccc(/C=N/Nc2cc(C)nc3c(OC)cccc23)c(OC)c1. The summed E-state index contributed by atoms with van der Waals surface area (Å²) in [6.07, 6.45) is 1.71. The van der Waals surface area contributed by atoms with Crippen LogP contribution in [0, 0.1) is 6.92 Å². The molecule has 0 unspecified atom stereocenters. The largest absolute Gasteiger partial charge is 0.497 e. The van der Waals surface area contributed by atoms with Crippen molar-refractivity contribution in [2.75, 3.05) is 26.8 Å². The number of methoxy groups -OCH3 is 3. The van der Waals surface area contributed by atoms with Gasteiger partial charge in [-0.1, -0.05) is 12.1 Å². The van der Waals surface area contributed by atoms with Gasteiger partial charge in [-0.2, -0.15) is 5.10 Å². The summed E-state index contributed by atoms with van der Waals surface area (Å²) in [7, 11) is 4.88. The maximum absolute atomic E-state index is 5.41. The molecule has 1 aromatic heterocycles. The number of aromatic nitrogens is 1. The summed E-state index contributed by atoms with van der Waals surface area (Å²) in [5, 5.41) is 5.30. The van der Waals surface area contributed by atoms with E-state index in [9.17, 15) is 0 Å². The van der Waals surface area contributed by atoms with Gasteiger partial charge in [0.2, 0.25) is 0 Å². The summed E-state index contributed by atoms with van der Waals surface area (Å²) in [4.78, 5) is 4.57. The number of hydrogen-bond donors (Lipinski definition) is 1. The van der Waals surface area contributed by atoms with Crippen LogP contribution in [0.4, 0.5) is 5.69 Å². The van der Waals surface area contributed by atoms with Crippen LogP contribution in [0.1, 0.15) is 11.3 Å². The number of benzene rings is 2. The van der Waals surface area contributed by atoms with Crippen molar-refractivity contribution < 1.29 is 14.2 Å². The summed E-state index contributed by atoms with van der Waals surface area (Å²) in [6.45, 7) is 1.94. The van der Waals surface area contributed by atoms with Crippen LogP contribution in [0.2, 0.25) is 0 Å². The highest BCUT2D eigenvalue weighted by molar-refractivity contribution is 5.95.